The maximum Gasteiger partial charge on any atom is 0.131 e. The number of hydrogen-bond donors (Lipinski definition) is 1. The van der Waals surface area contributed by atoms with Crippen LogP contribution in [0.1, 0.15) is 60.8 Å². The molecule has 118 valence electrons. The Morgan fingerprint density at radius 1 is 1.10 bits per heavy atom. The van der Waals surface area contributed by atoms with Gasteiger partial charge in [-0.25, -0.2) is 9.97 Å². The van der Waals surface area contributed by atoms with Crippen LogP contribution in [0.15, 0.2) is 0 Å². The van der Waals surface area contributed by atoms with Crippen molar-refractivity contribution >= 4 is 0 Å². The first-order chi connectivity index (χ1) is 10.2. The van der Waals surface area contributed by atoms with Crippen LogP contribution in [-0.4, -0.2) is 36.8 Å². The summed E-state index contributed by atoms with van der Waals surface area (Å²) >= 11 is 0. The summed E-state index contributed by atoms with van der Waals surface area (Å²) in [5.74, 6) is 1.69. The molecule has 0 radical (unpaired) electrons. The molecule has 1 aromatic heterocycles. The molecule has 1 fully saturated rings. The molecular weight excluding hydrogens is 262 g/mol. The summed E-state index contributed by atoms with van der Waals surface area (Å²) in [5.41, 5.74) is 3.70. The van der Waals surface area contributed by atoms with Crippen LogP contribution in [0, 0.1) is 13.8 Å². The highest BCUT2D eigenvalue weighted by Gasteiger charge is 2.21. The number of nitrogens with zero attached hydrogens (tertiary/aromatic N) is 2. The van der Waals surface area contributed by atoms with Crippen LogP contribution in [-0.2, 0) is 11.2 Å². The zero-order valence-corrected chi connectivity index (χ0v) is 13.7. The lowest BCUT2D eigenvalue weighted by molar-refractivity contribution is 0.199. The van der Waals surface area contributed by atoms with E-state index in [1.807, 2.05) is 0 Å². The van der Waals surface area contributed by atoms with Gasteiger partial charge in [-0.2, -0.15) is 0 Å². The van der Waals surface area contributed by atoms with Gasteiger partial charge in [0, 0.05) is 31.0 Å². The van der Waals surface area contributed by atoms with Gasteiger partial charge in [-0.05, 0) is 51.6 Å². The largest absolute Gasteiger partial charge is 0.383 e. The average molecular weight is 291 g/mol. The molecule has 0 amide bonds. The summed E-state index contributed by atoms with van der Waals surface area (Å²) in [6.07, 6.45) is 7.38. The smallest absolute Gasteiger partial charge is 0.131 e. The standard InChI is InChI=1S/C17H29N3O/c1-13-16(9-6-10-18-11-12-21-3)14(2)20-17(19-13)15-7-4-5-8-15/h15,18H,4-12H2,1-3H3. The van der Waals surface area contributed by atoms with E-state index in [1.165, 1.54) is 42.6 Å². The van der Waals surface area contributed by atoms with Crippen molar-refractivity contribution < 1.29 is 4.74 Å². The molecule has 2 rings (SSSR count). The van der Waals surface area contributed by atoms with Crippen LogP contribution in [0.5, 0.6) is 0 Å². The minimum absolute atomic E-state index is 0.604. The van der Waals surface area contributed by atoms with Gasteiger partial charge in [0.1, 0.15) is 5.82 Å². The molecule has 1 heterocycles. The van der Waals surface area contributed by atoms with Crippen molar-refractivity contribution in [2.24, 2.45) is 0 Å². The van der Waals surface area contributed by atoms with E-state index in [0.29, 0.717) is 5.92 Å². The Hall–Kier alpha value is -1.00. The maximum absolute atomic E-state index is 5.02. The molecule has 4 nitrogen and oxygen atoms in total. The van der Waals surface area contributed by atoms with E-state index in [0.717, 1.165) is 38.4 Å². The lowest BCUT2D eigenvalue weighted by Gasteiger charge is -2.14. The summed E-state index contributed by atoms with van der Waals surface area (Å²) in [6, 6.07) is 0. The van der Waals surface area contributed by atoms with Crippen molar-refractivity contribution in [3.05, 3.63) is 22.8 Å². The lowest BCUT2D eigenvalue weighted by atomic mass is 10.0. The fraction of sp³-hybridized carbons (Fsp3) is 0.765. The fourth-order valence-corrected chi connectivity index (χ4v) is 3.18. The van der Waals surface area contributed by atoms with Crippen LogP contribution >= 0.6 is 0 Å². The summed E-state index contributed by atoms with van der Waals surface area (Å²) in [4.78, 5) is 9.59. The van der Waals surface area contributed by atoms with Crippen molar-refractivity contribution in [2.45, 2.75) is 58.3 Å². The quantitative estimate of drug-likeness (QED) is 0.748. The normalized spacial score (nSPS) is 15.8. The van der Waals surface area contributed by atoms with E-state index in [4.69, 9.17) is 14.7 Å². The number of rotatable bonds is 8. The van der Waals surface area contributed by atoms with E-state index < -0.39 is 0 Å². The molecule has 1 aliphatic carbocycles. The number of methoxy groups -OCH3 is 1. The summed E-state index contributed by atoms with van der Waals surface area (Å²) in [5, 5.41) is 3.39. The monoisotopic (exact) mass is 291 g/mol. The molecule has 21 heavy (non-hydrogen) atoms. The molecular formula is C17H29N3O. The number of ether oxygens (including phenoxy) is 1. The molecule has 1 saturated carbocycles. The van der Waals surface area contributed by atoms with E-state index in [-0.39, 0.29) is 0 Å². The van der Waals surface area contributed by atoms with Crippen molar-refractivity contribution in [3.8, 4) is 0 Å². The Bertz CT molecular complexity index is 419. The topological polar surface area (TPSA) is 47.0 Å². The predicted octanol–water partition coefficient (Wildman–Crippen LogP) is 2.92. The highest BCUT2D eigenvalue weighted by Crippen LogP contribution is 2.32. The molecule has 0 spiro atoms. The number of aromatic nitrogens is 2. The number of hydrogen-bond acceptors (Lipinski definition) is 4. The molecule has 0 aromatic carbocycles. The Balaban J connectivity index is 1.88. The van der Waals surface area contributed by atoms with Crippen LogP contribution in [0.25, 0.3) is 0 Å². The lowest BCUT2D eigenvalue weighted by Crippen LogP contribution is -2.21. The summed E-state index contributed by atoms with van der Waals surface area (Å²) in [7, 11) is 1.73. The van der Waals surface area contributed by atoms with E-state index in [9.17, 15) is 0 Å². The second-order valence-corrected chi connectivity index (χ2v) is 6.06. The van der Waals surface area contributed by atoms with Gasteiger partial charge in [-0.1, -0.05) is 12.8 Å². The summed E-state index contributed by atoms with van der Waals surface area (Å²) in [6.45, 7) is 7.00. The first-order valence-corrected chi connectivity index (χ1v) is 8.26. The first kappa shape index (κ1) is 16.4. The van der Waals surface area contributed by atoms with Crippen molar-refractivity contribution in [1.29, 1.82) is 0 Å². The maximum atomic E-state index is 5.02. The molecule has 1 aliphatic rings. The zero-order chi connectivity index (χ0) is 15.1. The third kappa shape index (κ3) is 4.75. The fourth-order valence-electron chi connectivity index (χ4n) is 3.18. The zero-order valence-electron chi connectivity index (χ0n) is 13.7. The van der Waals surface area contributed by atoms with Gasteiger partial charge >= 0.3 is 0 Å². The van der Waals surface area contributed by atoms with Gasteiger partial charge in [-0.3, -0.25) is 0 Å². The van der Waals surface area contributed by atoms with Crippen molar-refractivity contribution in [1.82, 2.24) is 15.3 Å². The Morgan fingerprint density at radius 2 is 1.76 bits per heavy atom. The van der Waals surface area contributed by atoms with Crippen LogP contribution in [0.3, 0.4) is 0 Å². The van der Waals surface area contributed by atoms with Gasteiger partial charge in [0.05, 0.1) is 6.61 Å². The Labute approximate surface area is 128 Å². The van der Waals surface area contributed by atoms with Crippen molar-refractivity contribution in [2.75, 3.05) is 26.8 Å². The van der Waals surface area contributed by atoms with E-state index in [2.05, 4.69) is 19.2 Å². The molecule has 0 bridgehead atoms. The van der Waals surface area contributed by atoms with Gasteiger partial charge < -0.3 is 10.1 Å². The molecule has 0 saturated heterocycles. The molecule has 0 unspecified atom stereocenters. The molecule has 1 N–H and O–H groups in total. The number of nitrogens with one attached hydrogen (secondary N) is 1. The molecule has 4 heteroatoms. The second-order valence-electron chi connectivity index (χ2n) is 6.06. The Kier molecular flexibility index (Phi) is 6.58. The van der Waals surface area contributed by atoms with Crippen molar-refractivity contribution in [3.63, 3.8) is 0 Å². The molecule has 0 atom stereocenters. The van der Waals surface area contributed by atoms with Crippen LogP contribution in [0.2, 0.25) is 0 Å². The average Bonchev–Trinajstić information content (AvgIpc) is 2.99. The minimum atomic E-state index is 0.604. The third-order valence-electron chi connectivity index (χ3n) is 4.42. The van der Waals surface area contributed by atoms with Gasteiger partial charge in [0.2, 0.25) is 0 Å². The predicted molar refractivity (Wildman–Crippen MR) is 85.8 cm³/mol. The van der Waals surface area contributed by atoms with Gasteiger partial charge in [-0.15, -0.1) is 0 Å². The molecule has 1 aromatic rings. The SMILES string of the molecule is COCCNCCCc1c(C)nc(C2CCCC2)nc1C. The summed E-state index contributed by atoms with van der Waals surface area (Å²) < 4.78 is 5.02. The third-order valence-corrected chi connectivity index (χ3v) is 4.42. The van der Waals surface area contributed by atoms with Crippen LogP contribution in [0.4, 0.5) is 0 Å². The highest BCUT2D eigenvalue weighted by molar-refractivity contribution is 5.25. The molecule has 0 aliphatic heterocycles. The van der Waals surface area contributed by atoms with Gasteiger partial charge in [0.25, 0.3) is 0 Å². The van der Waals surface area contributed by atoms with E-state index >= 15 is 0 Å². The van der Waals surface area contributed by atoms with E-state index in [1.54, 1.807) is 7.11 Å². The minimum Gasteiger partial charge on any atom is -0.383 e. The highest BCUT2D eigenvalue weighted by atomic mass is 16.5. The second kappa shape index (κ2) is 8.44. The first-order valence-electron chi connectivity index (χ1n) is 8.26. The Morgan fingerprint density at radius 3 is 2.38 bits per heavy atom. The number of aryl methyl sites for hydroxylation is 2. The van der Waals surface area contributed by atoms with Crippen LogP contribution < -0.4 is 5.32 Å². The van der Waals surface area contributed by atoms with Gasteiger partial charge in [0.15, 0.2) is 0 Å².